The van der Waals surface area contributed by atoms with Crippen molar-refractivity contribution in [3.8, 4) is 0 Å². The van der Waals surface area contributed by atoms with E-state index in [1.165, 1.54) is 26.0 Å². The number of hydrogen-bond acceptors (Lipinski definition) is 6. The number of hydrogen-bond donors (Lipinski definition) is 1. The molecule has 3 atom stereocenters. The predicted octanol–water partition coefficient (Wildman–Crippen LogP) is 4.64. The highest BCUT2D eigenvalue weighted by Gasteiger charge is 2.49. The summed E-state index contributed by atoms with van der Waals surface area (Å²) in [6, 6.07) is 11.1. The van der Waals surface area contributed by atoms with Gasteiger partial charge in [-0.2, -0.15) is 13.2 Å². The number of ether oxygens (including phenoxy) is 1. The van der Waals surface area contributed by atoms with Gasteiger partial charge >= 0.3 is 6.18 Å². The smallest absolute Gasteiger partial charge is 0.377 e. The van der Waals surface area contributed by atoms with E-state index in [1.807, 2.05) is 0 Å². The quantitative estimate of drug-likeness (QED) is 0.372. The zero-order valence-electron chi connectivity index (χ0n) is 24.2. The Morgan fingerprint density at radius 2 is 1.77 bits per heavy atom. The highest BCUT2D eigenvalue weighted by Crippen LogP contribution is 2.44. The van der Waals surface area contributed by atoms with E-state index in [4.69, 9.17) is 10.1 Å². The topological polar surface area (TPSA) is 94.0 Å². The summed E-state index contributed by atoms with van der Waals surface area (Å²) in [4.78, 5) is 46.8. The monoisotopic (exact) mass is 596 g/mol. The van der Waals surface area contributed by atoms with Crippen LogP contribution in [0.3, 0.4) is 0 Å². The summed E-state index contributed by atoms with van der Waals surface area (Å²) in [6.45, 7) is 6.32. The molecule has 1 N–H and O–H groups in total. The minimum Gasteiger partial charge on any atom is -0.377 e. The molecule has 3 aliphatic rings. The molecule has 3 heterocycles. The molecule has 2 amide bonds. The van der Waals surface area contributed by atoms with E-state index < -0.39 is 35.4 Å². The third kappa shape index (κ3) is 6.28. The summed E-state index contributed by atoms with van der Waals surface area (Å²) in [5.41, 5.74) is 0.519. The zero-order chi connectivity index (χ0) is 30.9. The molecule has 2 aromatic carbocycles. The van der Waals surface area contributed by atoms with Crippen LogP contribution in [-0.4, -0.2) is 79.0 Å². The summed E-state index contributed by atoms with van der Waals surface area (Å²) in [7, 11) is 0. The maximum atomic E-state index is 14.3. The van der Waals surface area contributed by atoms with Crippen molar-refractivity contribution in [2.24, 2.45) is 5.92 Å². The summed E-state index contributed by atoms with van der Waals surface area (Å²) in [6.07, 6.45) is -1.28. The average molecular weight is 597 g/mol. The Balaban J connectivity index is 1.54. The molecule has 0 spiro atoms. The fourth-order valence-corrected chi connectivity index (χ4v) is 6.41. The van der Waals surface area contributed by atoms with E-state index in [1.54, 1.807) is 29.2 Å². The molecule has 0 aromatic heterocycles. The third-order valence-corrected chi connectivity index (χ3v) is 8.57. The molecule has 43 heavy (non-hydrogen) atoms. The standard InChI is InChI=1S/C32H35F3N4O4/c1-20-27(21(2)40)28(23-10-8-22(18-36)9-11-23)29(31(42)39(20)25-6-3-5-24(17-25)32(33,34)35)30(41)38-14-12-37(13-15-38)19-26-7-4-16-43-26/h3,5-6,8-11,17-18,26,28-29,36H,4,7,12-16,19H2,1-2H3. The number of alkyl halides is 3. The molecule has 0 radical (unpaired) electrons. The number of benzene rings is 2. The lowest BCUT2D eigenvalue weighted by Crippen LogP contribution is -2.56. The molecule has 2 aromatic rings. The van der Waals surface area contributed by atoms with Gasteiger partial charge in [0.15, 0.2) is 5.78 Å². The van der Waals surface area contributed by atoms with Gasteiger partial charge in [-0.15, -0.1) is 0 Å². The minimum absolute atomic E-state index is 0.0622. The summed E-state index contributed by atoms with van der Waals surface area (Å²) in [5, 5.41) is 7.54. The Hall–Kier alpha value is -3.83. The molecule has 3 unspecified atom stereocenters. The molecular weight excluding hydrogens is 561 g/mol. The molecule has 0 saturated carbocycles. The Morgan fingerprint density at radius 3 is 2.35 bits per heavy atom. The van der Waals surface area contributed by atoms with Gasteiger partial charge in [-0.3, -0.25) is 24.2 Å². The summed E-state index contributed by atoms with van der Waals surface area (Å²) >= 11 is 0. The van der Waals surface area contributed by atoms with E-state index >= 15 is 0 Å². The van der Waals surface area contributed by atoms with Crippen LogP contribution in [0.1, 0.15) is 49.3 Å². The number of allylic oxidation sites excluding steroid dienone is 2. The van der Waals surface area contributed by atoms with Gasteiger partial charge in [0, 0.05) is 68.4 Å². The van der Waals surface area contributed by atoms with Crippen LogP contribution in [0.4, 0.5) is 18.9 Å². The lowest BCUT2D eigenvalue weighted by molar-refractivity contribution is -0.144. The Labute approximate surface area is 248 Å². The second kappa shape index (κ2) is 12.4. The van der Waals surface area contributed by atoms with Crippen LogP contribution in [0.5, 0.6) is 0 Å². The molecule has 228 valence electrons. The van der Waals surface area contributed by atoms with E-state index in [2.05, 4.69) is 4.90 Å². The molecule has 8 nitrogen and oxygen atoms in total. The third-order valence-electron chi connectivity index (χ3n) is 8.57. The minimum atomic E-state index is -4.65. The number of ketones is 1. The number of nitrogens with zero attached hydrogens (tertiary/aromatic N) is 3. The number of amides is 2. The van der Waals surface area contributed by atoms with Crippen molar-refractivity contribution in [3.05, 3.63) is 76.5 Å². The molecule has 0 bridgehead atoms. The Morgan fingerprint density at radius 1 is 1.07 bits per heavy atom. The van der Waals surface area contributed by atoms with Gasteiger partial charge in [-0.1, -0.05) is 30.3 Å². The van der Waals surface area contributed by atoms with E-state index in [0.717, 1.165) is 49.2 Å². The molecule has 0 aliphatic carbocycles. The highest BCUT2D eigenvalue weighted by molar-refractivity contribution is 6.15. The van der Waals surface area contributed by atoms with Crippen LogP contribution in [0, 0.1) is 11.3 Å². The molecule has 2 saturated heterocycles. The first-order valence-electron chi connectivity index (χ1n) is 14.5. The van der Waals surface area contributed by atoms with Crippen molar-refractivity contribution in [2.75, 3.05) is 44.2 Å². The SMILES string of the molecule is CC(=O)C1=C(C)N(c2cccc(C(F)(F)F)c2)C(=O)C(C(=O)N2CCN(CC3CCCO3)CC2)C1c1ccc(C=N)cc1. The van der Waals surface area contributed by atoms with Crippen LogP contribution < -0.4 is 4.90 Å². The van der Waals surface area contributed by atoms with E-state index in [0.29, 0.717) is 37.3 Å². The van der Waals surface area contributed by atoms with Crippen LogP contribution in [0.25, 0.3) is 0 Å². The van der Waals surface area contributed by atoms with Crippen LogP contribution >= 0.6 is 0 Å². The van der Waals surface area contributed by atoms with Gasteiger partial charge in [0.25, 0.3) is 0 Å². The summed E-state index contributed by atoms with van der Waals surface area (Å²) in [5.74, 6) is -3.85. The zero-order valence-corrected chi connectivity index (χ0v) is 24.2. The lowest BCUT2D eigenvalue weighted by Gasteiger charge is -2.43. The lowest BCUT2D eigenvalue weighted by atomic mass is 9.73. The van der Waals surface area contributed by atoms with Crippen molar-refractivity contribution in [3.63, 3.8) is 0 Å². The maximum Gasteiger partial charge on any atom is 0.416 e. The van der Waals surface area contributed by atoms with Crippen LogP contribution in [0.2, 0.25) is 0 Å². The molecule has 3 aliphatic heterocycles. The van der Waals surface area contributed by atoms with Gasteiger partial charge in [0.1, 0.15) is 5.92 Å². The first-order valence-corrected chi connectivity index (χ1v) is 14.5. The number of piperazine rings is 1. The number of halogens is 3. The number of carbonyl (C=O) groups is 3. The molecule has 11 heteroatoms. The number of anilines is 1. The first-order chi connectivity index (χ1) is 20.5. The maximum absolute atomic E-state index is 14.3. The van der Waals surface area contributed by atoms with E-state index in [-0.39, 0.29) is 28.8 Å². The largest absolute Gasteiger partial charge is 0.416 e. The Kier molecular flexibility index (Phi) is 8.84. The summed E-state index contributed by atoms with van der Waals surface area (Å²) < 4.78 is 46.6. The van der Waals surface area contributed by atoms with Gasteiger partial charge in [-0.05, 0) is 56.0 Å². The Bertz CT molecular complexity index is 1420. The van der Waals surface area contributed by atoms with Crippen molar-refractivity contribution in [1.82, 2.24) is 9.80 Å². The first kappa shape index (κ1) is 30.6. The average Bonchev–Trinajstić information content (AvgIpc) is 3.49. The number of nitrogens with one attached hydrogen (secondary N) is 1. The van der Waals surface area contributed by atoms with Gasteiger partial charge in [0.05, 0.1) is 11.7 Å². The second-order valence-corrected chi connectivity index (χ2v) is 11.3. The van der Waals surface area contributed by atoms with Gasteiger partial charge in [-0.25, -0.2) is 0 Å². The van der Waals surface area contributed by atoms with Crippen LogP contribution in [0.15, 0.2) is 59.8 Å². The predicted molar refractivity (Wildman–Crippen MR) is 155 cm³/mol. The number of Topliss-reactive ketones (excluding diaryl/α,β-unsaturated/α-hetero) is 1. The number of rotatable bonds is 7. The molecule has 2 fully saturated rings. The highest BCUT2D eigenvalue weighted by atomic mass is 19.4. The normalized spacial score (nSPS) is 23.6. The van der Waals surface area contributed by atoms with Gasteiger partial charge in [0.2, 0.25) is 11.8 Å². The van der Waals surface area contributed by atoms with Crippen molar-refractivity contribution < 1.29 is 32.3 Å². The number of carbonyl (C=O) groups excluding carboxylic acids is 3. The van der Waals surface area contributed by atoms with Crippen molar-refractivity contribution in [2.45, 2.75) is 44.9 Å². The van der Waals surface area contributed by atoms with Crippen molar-refractivity contribution >= 4 is 29.5 Å². The fourth-order valence-electron chi connectivity index (χ4n) is 6.41. The van der Waals surface area contributed by atoms with Gasteiger partial charge < -0.3 is 15.0 Å². The van der Waals surface area contributed by atoms with Crippen LogP contribution in [-0.2, 0) is 25.3 Å². The fraction of sp³-hybridized carbons (Fsp3) is 0.438. The molecular formula is C32H35F3N4O4. The van der Waals surface area contributed by atoms with Crippen molar-refractivity contribution in [1.29, 1.82) is 5.41 Å². The molecule has 5 rings (SSSR count). The van der Waals surface area contributed by atoms with E-state index in [9.17, 15) is 27.6 Å². The second-order valence-electron chi connectivity index (χ2n) is 11.3.